The van der Waals surface area contributed by atoms with Crippen molar-refractivity contribution in [3.63, 3.8) is 0 Å². The smallest absolute Gasteiger partial charge is 0.160 e. The van der Waals surface area contributed by atoms with Gasteiger partial charge in [-0.2, -0.15) is 0 Å². The van der Waals surface area contributed by atoms with Crippen molar-refractivity contribution < 1.29 is 9.59 Å². The zero-order valence-electron chi connectivity index (χ0n) is 23.6. The van der Waals surface area contributed by atoms with Crippen molar-refractivity contribution in [1.82, 2.24) is 4.98 Å². The molecule has 4 rings (SSSR count). The van der Waals surface area contributed by atoms with Crippen molar-refractivity contribution in [3.05, 3.63) is 94.3 Å². The lowest BCUT2D eigenvalue weighted by molar-refractivity contribution is -0.127. The minimum atomic E-state index is 0.0563. The van der Waals surface area contributed by atoms with Gasteiger partial charge in [-0.1, -0.05) is 44.7 Å². The molecule has 0 saturated heterocycles. The van der Waals surface area contributed by atoms with Gasteiger partial charge in [0.1, 0.15) is 5.78 Å². The average Bonchev–Trinajstić information content (AvgIpc) is 2.91. The summed E-state index contributed by atoms with van der Waals surface area (Å²) in [4.78, 5) is 29.8. The third kappa shape index (κ3) is 6.04. The second kappa shape index (κ2) is 12.0. The van der Waals surface area contributed by atoms with Crippen LogP contribution in [-0.4, -0.2) is 16.6 Å². The molecule has 1 aliphatic carbocycles. The van der Waals surface area contributed by atoms with Crippen molar-refractivity contribution >= 4 is 17.6 Å². The number of hydrogen-bond donors (Lipinski definition) is 0. The van der Waals surface area contributed by atoms with Crippen LogP contribution in [0.4, 0.5) is 0 Å². The summed E-state index contributed by atoms with van der Waals surface area (Å²) in [5.74, 6) is 1.45. The number of rotatable bonds is 9. The lowest BCUT2D eigenvalue weighted by atomic mass is 9.74. The minimum absolute atomic E-state index is 0.0563. The molecule has 38 heavy (non-hydrogen) atoms. The van der Waals surface area contributed by atoms with Crippen LogP contribution in [0, 0.1) is 25.7 Å². The second-order valence-electron chi connectivity index (χ2n) is 11.2. The number of aryl methyl sites for hydroxylation is 2. The fourth-order valence-electron chi connectivity index (χ4n) is 6.15. The van der Waals surface area contributed by atoms with Gasteiger partial charge in [-0.25, -0.2) is 0 Å². The summed E-state index contributed by atoms with van der Waals surface area (Å²) >= 11 is 0. The van der Waals surface area contributed by atoms with Crippen molar-refractivity contribution in [2.45, 2.75) is 79.1 Å². The third-order valence-electron chi connectivity index (χ3n) is 8.43. The van der Waals surface area contributed by atoms with Crippen LogP contribution in [0.5, 0.6) is 0 Å². The second-order valence-corrected chi connectivity index (χ2v) is 11.2. The van der Waals surface area contributed by atoms with Crippen molar-refractivity contribution in [2.24, 2.45) is 11.8 Å². The highest BCUT2D eigenvalue weighted by molar-refractivity contribution is 6.00. The van der Waals surface area contributed by atoms with E-state index in [0.717, 1.165) is 65.5 Å². The number of ketones is 2. The van der Waals surface area contributed by atoms with Gasteiger partial charge in [0.05, 0.1) is 0 Å². The Hall–Kier alpha value is -3.33. The number of carbonyl (C=O) groups is 2. The highest BCUT2D eigenvalue weighted by Gasteiger charge is 2.29. The highest BCUT2D eigenvalue weighted by atomic mass is 16.1. The standard InChI is InChI=1S/C35H41NO2/c1-7-23(4)35(38)29-12-10-28(11-13-29)33-14-9-26(16-24(33)5)17-31-19-30(32-15-22(3)20-36-21-32)18-27(8-2)34(31)25(6)37/h8-9,14-16,18-21,23,28-29H,2,7,10-13,17H2,1,3-6H3. The van der Waals surface area contributed by atoms with Crippen LogP contribution in [0.1, 0.15) is 103 Å². The minimum Gasteiger partial charge on any atom is -0.299 e. The van der Waals surface area contributed by atoms with Crippen LogP contribution in [-0.2, 0) is 11.2 Å². The first-order chi connectivity index (χ1) is 18.2. The molecule has 1 atom stereocenters. The van der Waals surface area contributed by atoms with Crippen LogP contribution in [0.25, 0.3) is 17.2 Å². The van der Waals surface area contributed by atoms with E-state index >= 15 is 0 Å². The van der Waals surface area contributed by atoms with Gasteiger partial charge in [-0.15, -0.1) is 0 Å². The number of nitrogens with zero attached hydrogens (tertiary/aromatic N) is 1. The molecule has 3 aromatic rings. The molecule has 198 valence electrons. The summed E-state index contributed by atoms with van der Waals surface area (Å²) in [5.41, 5.74) is 9.72. The molecule has 1 saturated carbocycles. The lowest BCUT2D eigenvalue weighted by Gasteiger charge is -2.30. The highest BCUT2D eigenvalue weighted by Crippen LogP contribution is 2.39. The maximum atomic E-state index is 12.7. The van der Waals surface area contributed by atoms with Gasteiger partial charge in [0.2, 0.25) is 0 Å². The molecule has 3 heteroatoms. The molecule has 0 amide bonds. The summed E-state index contributed by atoms with van der Waals surface area (Å²) in [7, 11) is 0. The van der Waals surface area contributed by atoms with Crippen LogP contribution in [0.15, 0.2) is 55.4 Å². The Labute approximate surface area is 228 Å². The number of aromatic nitrogens is 1. The molecule has 1 unspecified atom stereocenters. The molecule has 1 aliphatic rings. The van der Waals surface area contributed by atoms with Gasteiger partial charge in [-0.3, -0.25) is 14.6 Å². The summed E-state index contributed by atoms with van der Waals surface area (Å²) in [6, 6.07) is 13.1. The molecule has 0 spiro atoms. The maximum absolute atomic E-state index is 12.7. The Bertz CT molecular complexity index is 1340. The first-order valence-corrected chi connectivity index (χ1v) is 14.1. The molecule has 0 N–H and O–H groups in total. The summed E-state index contributed by atoms with van der Waals surface area (Å²) < 4.78 is 0. The average molecular weight is 508 g/mol. The number of hydrogen-bond acceptors (Lipinski definition) is 3. The van der Waals surface area contributed by atoms with E-state index in [0.29, 0.717) is 18.1 Å². The van der Waals surface area contributed by atoms with Crippen molar-refractivity contribution in [1.29, 1.82) is 0 Å². The van der Waals surface area contributed by atoms with Crippen molar-refractivity contribution in [2.75, 3.05) is 0 Å². The molecule has 1 fully saturated rings. The molecule has 0 bridgehead atoms. The van der Waals surface area contributed by atoms with Gasteiger partial charge in [0.15, 0.2) is 5.78 Å². The summed E-state index contributed by atoms with van der Waals surface area (Å²) in [6.45, 7) is 14.0. The molecule has 1 aromatic heterocycles. The lowest BCUT2D eigenvalue weighted by Crippen LogP contribution is -2.25. The quantitative estimate of drug-likeness (QED) is 0.272. The Morgan fingerprint density at radius 1 is 1.03 bits per heavy atom. The molecule has 1 heterocycles. The number of pyridine rings is 1. The molecule has 3 nitrogen and oxygen atoms in total. The fourth-order valence-corrected chi connectivity index (χ4v) is 6.15. The van der Waals surface area contributed by atoms with Gasteiger partial charge in [0.25, 0.3) is 0 Å². The number of benzene rings is 2. The van der Waals surface area contributed by atoms with E-state index in [2.05, 4.69) is 62.7 Å². The van der Waals surface area contributed by atoms with E-state index in [1.807, 2.05) is 25.4 Å². The topological polar surface area (TPSA) is 47.0 Å². The summed E-state index contributed by atoms with van der Waals surface area (Å²) in [5, 5.41) is 0. The largest absolute Gasteiger partial charge is 0.299 e. The zero-order valence-corrected chi connectivity index (χ0v) is 23.6. The zero-order chi connectivity index (χ0) is 27.4. The first kappa shape index (κ1) is 27.7. The molecule has 2 aromatic carbocycles. The first-order valence-electron chi connectivity index (χ1n) is 14.1. The predicted molar refractivity (Wildman–Crippen MR) is 158 cm³/mol. The Morgan fingerprint density at radius 3 is 2.37 bits per heavy atom. The molecule has 0 aliphatic heterocycles. The van der Waals surface area contributed by atoms with E-state index in [1.54, 1.807) is 13.0 Å². The van der Waals surface area contributed by atoms with Gasteiger partial charge in [-0.05, 0) is 122 Å². The Morgan fingerprint density at radius 2 is 1.76 bits per heavy atom. The van der Waals surface area contributed by atoms with Crippen LogP contribution >= 0.6 is 0 Å². The van der Waals surface area contributed by atoms with Gasteiger partial charge >= 0.3 is 0 Å². The van der Waals surface area contributed by atoms with E-state index in [-0.39, 0.29) is 17.6 Å². The third-order valence-corrected chi connectivity index (χ3v) is 8.43. The Balaban J connectivity index is 1.59. The summed E-state index contributed by atoms with van der Waals surface area (Å²) in [6.07, 6.45) is 11.3. The maximum Gasteiger partial charge on any atom is 0.160 e. The van der Waals surface area contributed by atoms with Crippen LogP contribution in [0.3, 0.4) is 0 Å². The van der Waals surface area contributed by atoms with E-state index in [1.165, 1.54) is 16.7 Å². The van der Waals surface area contributed by atoms with E-state index in [4.69, 9.17) is 0 Å². The monoisotopic (exact) mass is 507 g/mol. The fraction of sp³-hybridized carbons (Fsp3) is 0.400. The molecular weight excluding hydrogens is 466 g/mol. The predicted octanol–water partition coefficient (Wildman–Crippen LogP) is 8.69. The van der Waals surface area contributed by atoms with E-state index in [9.17, 15) is 9.59 Å². The molecule has 0 radical (unpaired) electrons. The van der Waals surface area contributed by atoms with Crippen molar-refractivity contribution in [3.8, 4) is 11.1 Å². The van der Waals surface area contributed by atoms with Crippen LogP contribution in [0.2, 0.25) is 0 Å². The molecular formula is C35H41NO2. The SMILES string of the molecule is C=Cc1cc(-c2cncc(C)c2)cc(Cc2ccc(C3CCC(C(=O)C(C)CC)CC3)c(C)c2)c1C(C)=O. The number of Topliss-reactive ketones (excluding diaryl/α,β-unsaturated/α-hetero) is 2. The number of carbonyl (C=O) groups excluding carboxylic acids is 2. The normalized spacial score (nSPS) is 18.1. The van der Waals surface area contributed by atoms with Crippen LogP contribution < -0.4 is 0 Å². The van der Waals surface area contributed by atoms with Gasteiger partial charge in [0, 0.05) is 35.4 Å². The van der Waals surface area contributed by atoms with Gasteiger partial charge < -0.3 is 0 Å². The van der Waals surface area contributed by atoms with E-state index < -0.39 is 0 Å². The Kier molecular flexibility index (Phi) is 8.76.